The smallest absolute Gasteiger partial charge is 0.383 e. The Morgan fingerprint density at radius 1 is 1.24 bits per heavy atom. The third-order valence-electron chi connectivity index (χ3n) is 1.92. The van der Waals surface area contributed by atoms with E-state index in [0.717, 1.165) is 0 Å². The Bertz CT molecular complexity index is 420. The molecule has 0 aromatic heterocycles. The molecule has 1 rings (SSSR count). The molecule has 0 bridgehead atoms. The van der Waals surface area contributed by atoms with Crippen LogP contribution < -0.4 is 5.32 Å². The van der Waals surface area contributed by atoms with Crippen LogP contribution in [0.3, 0.4) is 0 Å². The van der Waals surface area contributed by atoms with Crippen molar-refractivity contribution in [3.63, 3.8) is 0 Å². The van der Waals surface area contributed by atoms with Crippen molar-refractivity contribution in [3.05, 3.63) is 28.2 Å². The van der Waals surface area contributed by atoms with Gasteiger partial charge in [0.25, 0.3) is 0 Å². The summed E-state index contributed by atoms with van der Waals surface area (Å²) >= 11 is 11.4. The fourth-order valence-corrected chi connectivity index (χ4v) is 1.64. The minimum atomic E-state index is -4.55. The first kappa shape index (κ1) is 13.9. The molecule has 0 heterocycles. The van der Waals surface area contributed by atoms with E-state index in [1.165, 1.54) is 24.3 Å². The molecule has 1 atom stereocenters. The van der Waals surface area contributed by atoms with E-state index in [-0.39, 0.29) is 0 Å². The molecule has 0 aliphatic heterocycles. The van der Waals surface area contributed by atoms with Crippen LogP contribution in [0.1, 0.15) is 0 Å². The van der Waals surface area contributed by atoms with E-state index >= 15 is 0 Å². The van der Waals surface area contributed by atoms with Crippen LogP contribution in [0.2, 0.25) is 10.0 Å². The maximum absolute atomic E-state index is 12.3. The average Bonchev–Trinajstić information content (AvgIpc) is 2.14. The number of hydrogen-bond donors (Lipinski definition) is 1. The number of rotatable bonds is 3. The zero-order valence-corrected chi connectivity index (χ0v) is 9.87. The van der Waals surface area contributed by atoms with Gasteiger partial charge in [-0.25, -0.2) is 0 Å². The van der Waals surface area contributed by atoms with Crippen molar-refractivity contribution in [1.29, 1.82) is 5.26 Å². The summed E-state index contributed by atoms with van der Waals surface area (Å²) in [6, 6.07) is 5.50. The molecule has 7 heteroatoms. The Balaban J connectivity index is 2.70. The molecule has 92 valence electrons. The van der Waals surface area contributed by atoms with Crippen LogP contribution in [0.25, 0.3) is 0 Å². The van der Waals surface area contributed by atoms with Gasteiger partial charge in [0.2, 0.25) is 0 Å². The van der Waals surface area contributed by atoms with Crippen molar-refractivity contribution in [1.82, 2.24) is 0 Å². The predicted molar refractivity (Wildman–Crippen MR) is 60.1 cm³/mol. The third kappa shape index (κ3) is 4.33. The summed E-state index contributed by atoms with van der Waals surface area (Å²) in [5, 5.41) is 11.5. The van der Waals surface area contributed by atoms with Crippen molar-refractivity contribution in [3.8, 4) is 6.07 Å². The van der Waals surface area contributed by atoms with Gasteiger partial charge in [0.05, 0.1) is 6.07 Å². The minimum Gasteiger partial charge on any atom is -0.383 e. The molecular formula is C10H7Cl2F3N2. The molecule has 0 fully saturated rings. The second-order valence-corrected chi connectivity index (χ2v) is 4.14. The summed E-state index contributed by atoms with van der Waals surface area (Å²) in [6.45, 7) is -0.545. The lowest BCUT2D eigenvalue weighted by Gasteiger charge is -2.14. The van der Waals surface area contributed by atoms with Gasteiger partial charge in [-0.05, 0) is 18.2 Å². The van der Waals surface area contributed by atoms with Gasteiger partial charge in [0.1, 0.15) is 0 Å². The standard InChI is InChI=1S/C10H7Cl2F3N2/c11-7-1-8(12)3-9(2-7)17-5-6(4-16)10(13,14)15/h1-3,6,17H,5H2. The third-order valence-corrected chi connectivity index (χ3v) is 2.36. The Hall–Kier alpha value is -1.12. The zero-order chi connectivity index (χ0) is 13.1. The van der Waals surface area contributed by atoms with Crippen LogP contribution >= 0.6 is 23.2 Å². The summed E-state index contributed by atoms with van der Waals surface area (Å²) < 4.78 is 36.8. The number of nitriles is 1. The van der Waals surface area contributed by atoms with Crippen molar-refractivity contribution in [2.75, 3.05) is 11.9 Å². The van der Waals surface area contributed by atoms with Crippen molar-refractivity contribution in [2.24, 2.45) is 5.92 Å². The Morgan fingerprint density at radius 2 is 1.76 bits per heavy atom. The Morgan fingerprint density at radius 3 is 2.18 bits per heavy atom. The highest BCUT2D eigenvalue weighted by Crippen LogP contribution is 2.27. The number of benzene rings is 1. The molecule has 2 nitrogen and oxygen atoms in total. The van der Waals surface area contributed by atoms with Gasteiger partial charge >= 0.3 is 6.18 Å². The fourth-order valence-electron chi connectivity index (χ4n) is 1.11. The molecule has 0 saturated carbocycles. The van der Waals surface area contributed by atoms with Gasteiger partial charge in [-0.1, -0.05) is 23.2 Å². The normalized spacial score (nSPS) is 12.9. The molecule has 0 saturated heterocycles. The molecule has 1 unspecified atom stereocenters. The molecule has 0 amide bonds. The van der Waals surface area contributed by atoms with Crippen LogP contribution in [-0.4, -0.2) is 12.7 Å². The van der Waals surface area contributed by atoms with E-state index in [2.05, 4.69) is 5.32 Å². The summed E-state index contributed by atoms with van der Waals surface area (Å²) in [6.07, 6.45) is -4.55. The van der Waals surface area contributed by atoms with Crippen LogP contribution in [0.5, 0.6) is 0 Å². The van der Waals surface area contributed by atoms with E-state index in [9.17, 15) is 13.2 Å². The molecule has 1 aromatic carbocycles. The SMILES string of the molecule is N#CC(CNc1cc(Cl)cc(Cl)c1)C(F)(F)F. The van der Waals surface area contributed by atoms with Crippen LogP contribution in [-0.2, 0) is 0 Å². The number of alkyl halides is 3. The minimum absolute atomic E-state index is 0.306. The number of nitrogens with zero attached hydrogens (tertiary/aromatic N) is 1. The van der Waals surface area contributed by atoms with E-state index in [4.69, 9.17) is 28.5 Å². The van der Waals surface area contributed by atoms with Gasteiger partial charge in [-0.15, -0.1) is 0 Å². The topological polar surface area (TPSA) is 35.8 Å². The highest BCUT2D eigenvalue weighted by Gasteiger charge is 2.39. The zero-order valence-electron chi connectivity index (χ0n) is 8.35. The van der Waals surface area contributed by atoms with Gasteiger partial charge < -0.3 is 5.32 Å². The number of halogens is 5. The first-order valence-electron chi connectivity index (χ1n) is 4.49. The molecule has 0 aliphatic carbocycles. The van der Waals surface area contributed by atoms with Crippen LogP contribution in [0.4, 0.5) is 18.9 Å². The average molecular weight is 283 g/mol. The van der Waals surface area contributed by atoms with Crippen molar-refractivity contribution >= 4 is 28.9 Å². The summed E-state index contributed by atoms with van der Waals surface area (Å²) in [5.74, 6) is -2.07. The van der Waals surface area contributed by atoms with E-state index < -0.39 is 18.6 Å². The highest BCUT2D eigenvalue weighted by molar-refractivity contribution is 6.35. The van der Waals surface area contributed by atoms with Crippen molar-refractivity contribution < 1.29 is 13.2 Å². The molecular weight excluding hydrogens is 276 g/mol. The van der Waals surface area contributed by atoms with Gasteiger partial charge in [-0.2, -0.15) is 18.4 Å². The van der Waals surface area contributed by atoms with Crippen LogP contribution in [0.15, 0.2) is 18.2 Å². The van der Waals surface area contributed by atoms with E-state index in [1.807, 2.05) is 0 Å². The molecule has 17 heavy (non-hydrogen) atoms. The number of hydrogen-bond acceptors (Lipinski definition) is 2. The Kier molecular flexibility index (Phi) is 4.49. The molecule has 0 aliphatic rings. The summed E-state index contributed by atoms with van der Waals surface area (Å²) in [7, 11) is 0. The summed E-state index contributed by atoms with van der Waals surface area (Å²) in [5.41, 5.74) is 0.340. The largest absolute Gasteiger partial charge is 0.406 e. The maximum Gasteiger partial charge on any atom is 0.406 e. The number of anilines is 1. The van der Waals surface area contributed by atoms with Crippen molar-refractivity contribution in [2.45, 2.75) is 6.18 Å². The quantitative estimate of drug-likeness (QED) is 0.906. The monoisotopic (exact) mass is 282 g/mol. The Labute approximate surface area is 106 Å². The molecule has 0 radical (unpaired) electrons. The molecule has 1 N–H and O–H groups in total. The second kappa shape index (κ2) is 5.48. The fraction of sp³-hybridized carbons (Fsp3) is 0.300. The second-order valence-electron chi connectivity index (χ2n) is 3.26. The van der Waals surface area contributed by atoms with Gasteiger partial charge in [-0.3, -0.25) is 0 Å². The first-order chi connectivity index (χ1) is 7.82. The first-order valence-corrected chi connectivity index (χ1v) is 5.25. The predicted octanol–water partition coefficient (Wildman–Crippen LogP) is 4.11. The lowest BCUT2D eigenvalue weighted by Crippen LogP contribution is -2.28. The maximum atomic E-state index is 12.3. The van der Waals surface area contributed by atoms with E-state index in [1.54, 1.807) is 0 Å². The highest BCUT2D eigenvalue weighted by atomic mass is 35.5. The molecule has 1 aromatic rings. The number of nitrogens with one attached hydrogen (secondary N) is 1. The van der Waals surface area contributed by atoms with E-state index in [0.29, 0.717) is 15.7 Å². The van der Waals surface area contributed by atoms with Gasteiger partial charge in [0.15, 0.2) is 5.92 Å². The summed E-state index contributed by atoms with van der Waals surface area (Å²) in [4.78, 5) is 0. The molecule has 0 spiro atoms. The van der Waals surface area contributed by atoms with Crippen LogP contribution in [0, 0.1) is 17.2 Å². The lowest BCUT2D eigenvalue weighted by atomic mass is 10.1. The van der Waals surface area contributed by atoms with Gasteiger partial charge in [0, 0.05) is 22.3 Å². The lowest BCUT2D eigenvalue weighted by molar-refractivity contribution is -0.155.